The summed E-state index contributed by atoms with van der Waals surface area (Å²) in [7, 11) is 0. The topological polar surface area (TPSA) is 72.5 Å². The molecule has 3 N–H and O–H groups in total. The summed E-state index contributed by atoms with van der Waals surface area (Å²) in [5.41, 5.74) is 8.78. The van der Waals surface area contributed by atoms with Crippen molar-refractivity contribution in [2.24, 2.45) is 0 Å². The summed E-state index contributed by atoms with van der Waals surface area (Å²) >= 11 is 5.88. The molecule has 2 heterocycles. The lowest BCUT2D eigenvalue weighted by Gasteiger charge is -2.02. The molecule has 0 atom stereocenters. The third kappa shape index (κ3) is 2.06. The maximum absolute atomic E-state index is 5.89. The van der Waals surface area contributed by atoms with Crippen molar-refractivity contribution in [3.05, 3.63) is 40.5 Å². The number of aryl methyl sites for hydroxylation is 1. The normalized spacial score (nSPS) is 11.3. The number of rotatable bonds is 3. The van der Waals surface area contributed by atoms with E-state index < -0.39 is 0 Å². The Balaban J connectivity index is 2.03. The van der Waals surface area contributed by atoms with Gasteiger partial charge in [-0.25, -0.2) is 4.68 Å². The van der Waals surface area contributed by atoms with Crippen molar-refractivity contribution in [2.75, 3.05) is 5.73 Å². The van der Waals surface area contributed by atoms with Gasteiger partial charge in [-0.15, -0.1) is 0 Å². The smallest absolute Gasteiger partial charge is 0.182 e. The minimum absolute atomic E-state index is 0.578. The Labute approximate surface area is 115 Å². The molecular formula is C13H14ClN5. The molecule has 19 heavy (non-hydrogen) atoms. The van der Waals surface area contributed by atoms with Gasteiger partial charge in [0.2, 0.25) is 0 Å². The summed E-state index contributed by atoms with van der Waals surface area (Å²) in [6, 6.07) is 7.71. The molecule has 2 aromatic heterocycles. The van der Waals surface area contributed by atoms with Crippen LogP contribution in [0.1, 0.15) is 18.2 Å². The summed E-state index contributed by atoms with van der Waals surface area (Å²) in [4.78, 5) is 0. The molecule has 3 rings (SSSR count). The number of nitrogens with zero attached hydrogens (tertiary/aromatic N) is 3. The molecule has 0 fully saturated rings. The lowest BCUT2D eigenvalue weighted by molar-refractivity contribution is 0.685. The van der Waals surface area contributed by atoms with Crippen LogP contribution in [0.3, 0.4) is 0 Å². The van der Waals surface area contributed by atoms with Crippen molar-refractivity contribution in [1.82, 2.24) is 20.0 Å². The van der Waals surface area contributed by atoms with Crippen LogP contribution in [-0.2, 0) is 13.0 Å². The average Bonchev–Trinajstić information content (AvgIpc) is 2.95. The first-order valence-corrected chi connectivity index (χ1v) is 6.50. The molecule has 0 aliphatic carbocycles. The molecule has 0 radical (unpaired) electrons. The fraction of sp³-hybridized carbons (Fsp3) is 0.231. The monoisotopic (exact) mass is 275 g/mol. The zero-order chi connectivity index (χ0) is 13.4. The second-order valence-electron chi connectivity index (χ2n) is 4.42. The minimum Gasteiger partial charge on any atom is -0.383 e. The van der Waals surface area contributed by atoms with Crippen LogP contribution >= 0.6 is 11.6 Å². The zero-order valence-corrected chi connectivity index (χ0v) is 11.3. The number of halogens is 1. The molecule has 5 nitrogen and oxygen atoms in total. The van der Waals surface area contributed by atoms with Gasteiger partial charge in [0.25, 0.3) is 0 Å². The van der Waals surface area contributed by atoms with E-state index in [2.05, 4.69) is 22.2 Å². The lowest BCUT2D eigenvalue weighted by Crippen LogP contribution is -2.03. The standard InChI is InChI=1S/C13H14ClN5/c1-2-10-11-12(15)16-17-13(11)19(18-10)7-8-3-5-9(14)6-4-8/h3-6H,2,7H2,1H3,(H3,15,16,17). The van der Waals surface area contributed by atoms with Crippen molar-refractivity contribution in [3.8, 4) is 0 Å². The van der Waals surface area contributed by atoms with E-state index in [-0.39, 0.29) is 0 Å². The number of hydrogen-bond donors (Lipinski definition) is 2. The molecule has 0 aliphatic heterocycles. The van der Waals surface area contributed by atoms with Crippen molar-refractivity contribution >= 4 is 28.5 Å². The van der Waals surface area contributed by atoms with Crippen molar-refractivity contribution in [3.63, 3.8) is 0 Å². The molecule has 0 amide bonds. The molecule has 0 aliphatic rings. The quantitative estimate of drug-likeness (QED) is 0.772. The van der Waals surface area contributed by atoms with Crippen LogP contribution in [0.15, 0.2) is 24.3 Å². The second kappa shape index (κ2) is 4.59. The van der Waals surface area contributed by atoms with Gasteiger partial charge < -0.3 is 5.73 Å². The summed E-state index contributed by atoms with van der Waals surface area (Å²) in [6.45, 7) is 2.71. The summed E-state index contributed by atoms with van der Waals surface area (Å²) in [6.07, 6.45) is 0.827. The van der Waals surface area contributed by atoms with E-state index in [1.54, 1.807) is 0 Å². The Morgan fingerprint density at radius 1 is 1.32 bits per heavy atom. The predicted molar refractivity (Wildman–Crippen MR) is 76.2 cm³/mol. The first-order valence-electron chi connectivity index (χ1n) is 6.12. The fourth-order valence-electron chi connectivity index (χ4n) is 2.18. The highest BCUT2D eigenvalue weighted by molar-refractivity contribution is 6.30. The third-order valence-corrected chi connectivity index (χ3v) is 3.38. The van der Waals surface area contributed by atoms with Crippen molar-refractivity contribution in [2.45, 2.75) is 19.9 Å². The largest absolute Gasteiger partial charge is 0.383 e. The van der Waals surface area contributed by atoms with E-state index in [4.69, 9.17) is 17.3 Å². The Morgan fingerprint density at radius 3 is 2.74 bits per heavy atom. The number of aromatic nitrogens is 4. The van der Waals surface area contributed by atoms with Gasteiger partial charge in [0.1, 0.15) is 5.82 Å². The molecule has 0 saturated heterocycles. The van der Waals surface area contributed by atoms with Gasteiger partial charge in [0, 0.05) is 5.02 Å². The highest BCUT2D eigenvalue weighted by atomic mass is 35.5. The number of hydrogen-bond acceptors (Lipinski definition) is 3. The van der Waals surface area contributed by atoms with Crippen LogP contribution in [-0.4, -0.2) is 20.0 Å². The summed E-state index contributed by atoms with van der Waals surface area (Å²) < 4.78 is 1.87. The highest BCUT2D eigenvalue weighted by Gasteiger charge is 2.15. The molecule has 0 unspecified atom stereocenters. The van der Waals surface area contributed by atoms with Crippen LogP contribution in [0.2, 0.25) is 5.02 Å². The van der Waals surface area contributed by atoms with Gasteiger partial charge >= 0.3 is 0 Å². The van der Waals surface area contributed by atoms with Gasteiger partial charge in [0.15, 0.2) is 5.65 Å². The van der Waals surface area contributed by atoms with Crippen LogP contribution in [0.25, 0.3) is 11.0 Å². The maximum Gasteiger partial charge on any atom is 0.182 e. The Morgan fingerprint density at radius 2 is 2.05 bits per heavy atom. The number of anilines is 1. The van der Waals surface area contributed by atoms with Crippen LogP contribution < -0.4 is 5.73 Å². The SMILES string of the molecule is CCc1nn(Cc2ccc(Cl)cc2)c2n[nH]c(N)c12. The Kier molecular flexibility index (Phi) is 2.91. The first-order chi connectivity index (χ1) is 9.19. The van der Waals surface area contributed by atoms with Crippen molar-refractivity contribution < 1.29 is 0 Å². The molecule has 98 valence electrons. The zero-order valence-electron chi connectivity index (χ0n) is 10.5. The summed E-state index contributed by atoms with van der Waals surface area (Å²) in [5.74, 6) is 0.578. The van der Waals surface area contributed by atoms with Crippen LogP contribution in [0, 0.1) is 0 Å². The maximum atomic E-state index is 5.89. The molecule has 0 bridgehead atoms. The molecule has 1 aromatic carbocycles. The number of H-pyrrole nitrogens is 1. The number of nitrogens with two attached hydrogens (primary N) is 1. The molecule has 6 heteroatoms. The first kappa shape index (κ1) is 12.0. The van der Waals surface area contributed by atoms with E-state index in [0.29, 0.717) is 12.4 Å². The van der Waals surface area contributed by atoms with E-state index in [1.807, 2.05) is 28.9 Å². The number of benzene rings is 1. The van der Waals surface area contributed by atoms with Crippen molar-refractivity contribution in [1.29, 1.82) is 0 Å². The van der Waals surface area contributed by atoms with Gasteiger partial charge in [-0.1, -0.05) is 30.7 Å². The number of nitrogen functional groups attached to an aromatic ring is 1. The van der Waals surface area contributed by atoms with Gasteiger partial charge in [-0.3, -0.25) is 5.10 Å². The molecule has 3 aromatic rings. The van der Waals surface area contributed by atoms with E-state index in [1.165, 1.54) is 0 Å². The number of nitrogens with one attached hydrogen (secondary N) is 1. The summed E-state index contributed by atoms with van der Waals surface area (Å²) in [5, 5.41) is 13.3. The van der Waals surface area contributed by atoms with Gasteiger partial charge in [-0.2, -0.15) is 10.2 Å². The van der Waals surface area contributed by atoms with E-state index in [9.17, 15) is 0 Å². The molecule has 0 spiro atoms. The lowest BCUT2D eigenvalue weighted by atomic mass is 10.2. The fourth-order valence-corrected chi connectivity index (χ4v) is 2.31. The van der Waals surface area contributed by atoms with E-state index >= 15 is 0 Å². The minimum atomic E-state index is 0.578. The molecule has 0 saturated carbocycles. The Hall–Kier alpha value is -2.01. The molecular weight excluding hydrogens is 262 g/mol. The third-order valence-electron chi connectivity index (χ3n) is 3.13. The Bertz CT molecular complexity index is 711. The number of aromatic amines is 1. The number of fused-ring (bicyclic) bond motifs is 1. The second-order valence-corrected chi connectivity index (χ2v) is 4.86. The highest BCUT2D eigenvalue weighted by Crippen LogP contribution is 2.23. The van der Waals surface area contributed by atoms with Gasteiger partial charge in [-0.05, 0) is 24.1 Å². The predicted octanol–water partition coefficient (Wildman–Crippen LogP) is 2.61. The average molecular weight is 276 g/mol. The van der Waals surface area contributed by atoms with Gasteiger partial charge in [0.05, 0.1) is 17.6 Å². The van der Waals surface area contributed by atoms with E-state index in [0.717, 1.165) is 33.7 Å². The van der Waals surface area contributed by atoms with Crippen LogP contribution in [0.4, 0.5) is 5.82 Å². The van der Waals surface area contributed by atoms with Crippen LogP contribution in [0.5, 0.6) is 0 Å².